The van der Waals surface area contributed by atoms with Gasteiger partial charge in [0, 0.05) is 34.2 Å². The average molecular weight is 353 g/mol. The van der Waals surface area contributed by atoms with E-state index in [0.717, 1.165) is 14.9 Å². The predicted octanol–water partition coefficient (Wildman–Crippen LogP) is 3.56. The highest BCUT2D eigenvalue weighted by atomic mass is 79.9. The molecule has 1 aromatic carbocycles. The van der Waals surface area contributed by atoms with Crippen LogP contribution in [0, 0.1) is 0 Å². The van der Waals surface area contributed by atoms with E-state index in [1.54, 1.807) is 16.2 Å². The molecule has 0 aliphatic heterocycles. The number of halogens is 1. The molecule has 5 heteroatoms. The van der Waals surface area contributed by atoms with Crippen LogP contribution in [0.15, 0.2) is 46.3 Å². The molecule has 3 nitrogen and oxygen atoms in total. The number of benzene rings is 1. The highest BCUT2D eigenvalue weighted by Gasteiger charge is 2.15. The van der Waals surface area contributed by atoms with Crippen LogP contribution in [0.3, 0.4) is 0 Å². The Morgan fingerprint density at radius 3 is 2.70 bits per heavy atom. The van der Waals surface area contributed by atoms with Gasteiger partial charge in [-0.05, 0) is 27.6 Å². The van der Waals surface area contributed by atoms with Crippen LogP contribution in [-0.4, -0.2) is 17.9 Å². The third-order valence-corrected chi connectivity index (χ3v) is 4.75. The number of thiophene rings is 1. The van der Waals surface area contributed by atoms with E-state index < -0.39 is 0 Å². The summed E-state index contributed by atoms with van der Waals surface area (Å²) in [6.45, 7) is 0.622. The number of hydrogen-bond donors (Lipinski definition) is 1. The van der Waals surface area contributed by atoms with Crippen LogP contribution in [0.25, 0.3) is 0 Å². The van der Waals surface area contributed by atoms with E-state index in [2.05, 4.69) is 15.9 Å². The molecule has 0 spiro atoms. The monoisotopic (exact) mass is 352 g/mol. The molecule has 0 aliphatic carbocycles. The van der Waals surface area contributed by atoms with Gasteiger partial charge in [-0.25, -0.2) is 0 Å². The van der Waals surface area contributed by atoms with Gasteiger partial charge >= 0.3 is 0 Å². The van der Waals surface area contributed by atoms with E-state index in [-0.39, 0.29) is 11.9 Å². The zero-order valence-corrected chi connectivity index (χ0v) is 13.7. The Bertz CT molecular complexity index is 570. The number of carbonyl (C=O) groups is 1. The first kappa shape index (κ1) is 15.2. The van der Waals surface area contributed by atoms with Gasteiger partial charge in [-0.2, -0.15) is 0 Å². The molecule has 1 unspecified atom stereocenters. The summed E-state index contributed by atoms with van der Waals surface area (Å²) in [6.07, 6.45) is 0.326. The summed E-state index contributed by atoms with van der Waals surface area (Å²) < 4.78 is 1.05. The van der Waals surface area contributed by atoms with Gasteiger partial charge in [-0.15, -0.1) is 11.3 Å². The predicted molar refractivity (Wildman–Crippen MR) is 86.5 cm³/mol. The quantitative estimate of drug-likeness (QED) is 0.893. The number of amides is 1. The van der Waals surface area contributed by atoms with Crippen molar-refractivity contribution < 1.29 is 4.79 Å². The number of nitrogens with two attached hydrogens (primary N) is 1. The third kappa shape index (κ3) is 4.16. The lowest BCUT2D eigenvalue weighted by Crippen LogP contribution is -2.29. The molecule has 0 bridgehead atoms. The highest BCUT2D eigenvalue weighted by molar-refractivity contribution is 9.10. The van der Waals surface area contributed by atoms with Crippen LogP contribution in [0.5, 0.6) is 0 Å². The summed E-state index contributed by atoms with van der Waals surface area (Å²) in [5, 5.41) is 2.02. The Hall–Kier alpha value is -1.17. The van der Waals surface area contributed by atoms with Gasteiger partial charge in [0.25, 0.3) is 0 Å². The van der Waals surface area contributed by atoms with Crippen LogP contribution < -0.4 is 5.73 Å². The molecule has 2 aromatic rings. The van der Waals surface area contributed by atoms with Crippen LogP contribution in [0.4, 0.5) is 0 Å². The lowest BCUT2D eigenvalue weighted by molar-refractivity contribution is -0.130. The molecule has 2 N–H and O–H groups in total. The standard InChI is InChI=1S/C15H17BrN2OS/c1-18(9-13-7-12(16)10-20-13)15(19)8-14(17)11-5-3-2-4-6-11/h2-7,10,14H,8-9,17H2,1H3. The molecular formula is C15H17BrN2OS. The Morgan fingerprint density at radius 1 is 1.40 bits per heavy atom. The smallest absolute Gasteiger partial charge is 0.224 e. The van der Waals surface area contributed by atoms with Crippen molar-refractivity contribution in [3.8, 4) is 0 Å². The summed E-state index contributed by atoms with van der Waals surface area (Å²) in [5.74, 6) is 0.0610. The first-order valence-electron chi connectivity index (χ1n) is 6.33. The molecule has 2 rings (SSSR count). The lowest BCUT2D eigenvalue weighted by atomic mass is 10.0. The molecular weight excluding hydrogens is 336 g/mol. The van der Waals surface area contributed by atoms with Crippen molar-refractivity contribution in [2.24, 2.45) is 5.73 Å². The first-order chi connectivity index (χ1) is 9.56. The number of rotatable bonds is 5. The molecule has 1 amide bonds. The van der Waals surface area contributed by atoms with E-state index in [0.29, 0.717) is 13.0 Å². The maximum atomic E-state index is 12.2. The van der Waals surface area contributed by atoms with Crippen molar-refractivity contribution in [3.63, 3.8) is 0 Å². The molecule has 0 saturated carbocycles. The van der Waals surface area contributed by atoms with E-state index in [1.807, 2.05) is 48.8 Å². The van der Waals surface area contributed by atoms with E-state index >= 15 is 0 Å². The molecule has 0 saturated heterocycles. The largest absolute Gasteiger partial charge is 0.341 e. The normalized spacial score (nSPS) is 12.2. The molecule has 1 atom stereocenters. The maximum Gasteiger partial charge on any atom is 0.224 e. The van der Waals surface area contributed by atoms with E-state index in [1.165, 1.54) is 0 Å². The van der Waals surface area contributed by atoms with Crippen molar-refractivity contribution in [1.29, 1.82) is 0 Å². The van der Waals surface area contributed by atoms with Crippen molar-refractivity contribution in [2.75, 3.05) is 7.05 Å². The van der Waals surface area contributed by atoms with Crippen LogP contribution in [0.2, 0.25) is 0 Å². The number of carbonyl (C=O) groups excluding carboxylic acids is 1. The fraction of sp³-hybridized carbons (Fsp3) is 0.267. The molecule has 0 fully saturated rings. The Kier molecular flexibility index (Phi) is 5.34. The molecule has 0 aliphatic rings. The molecule has 20 heavy (non-hydrogen) atoms. The second-order valence-electron chi connectivity index (χ2n) is 4.70. The first-order valence-corrected chi connectivity index (χ1v) is 8.01. The van der Waals surface area contributed by atoms with Gasteiger partial charge in [0.15, 0.2) is 0 Å². The summed E-state index contributed by atoms with van der Waals surface area (Å²) in [5.41, 5.74) is 7.07. The zero-order valence-electron chi connectivity index (χ0n) is 11.3. The second-order valence-corrected chi connectivity index (χ2v) is 6.61. The van der Waals surface area contributed by atoms with Gasteiger partial charge in [-0.1, -0.05) is 30.3 Å². The maximum absolute atomic E-state index is 12.2. The van der Waals surface area contributed by atoms with Gasteiger partial charge in [0.2, 0.25) is 5.91 Å². The fourth-order valence-corrected chi connectivity index (χ4v) is 3.42. The topological polar surface area (TPSA) is 46.3 Å². The Labute approximate surface area is 131 Å². The van der Waals surface area contributed by atoms with E-state index in [4.69, 9.17) is 5.73 Å². The van der Waals surface area contributed by atoms with Gasteiger partial charge in [0.1, 0.15) is 0 Å². The minimum absolute atomic E-state index is 0.0610. The lowest BCUT2D eigenvalue weighted by Gasteiger charge is -2.19. The van der Waals surface area contributed by atoms with Crippen LogP contribution in [-0.2, 0) is 11.3 Å². The molecule has 106 valence electrons. The van der Waals surface area contributed by atoms with Gasteiger partial charge in [0.05, 0.1) is 6.54 Å². The zero-order chi connectivity index (χ0) is 14.5. The van der Waals surface area contributed by atoms with Crippen molar-refractivity contribution in [1.82, 2.24) is 4.90 Å². The minimum Gasteiger partial charge on any atom is -0.341 e. The van der Waals surface area contributed by atoms with Gasteiger partial charge in [-0.3, -0.25) is 4.79 Å². The molecule has 1 aromatic heterocycles. The summed E-state index contributed by atoms with van der Waals surface area (Å²) >= 11 is 5.06. The molecule has 1 heterocycles. The summed E-state index contributed by atoms with van der Waals surface area (Å²) in [6, 6.07) is 11.5. The Balaban J connectivity index is 1.91. The van der Waals surface area contributed by atoms with Crippen molar-refractivity contribution in [2.45, 2.75) is 19.0 Å². The highest BCUT2D eigenvalue weighted by Crippen LogP contribution is 2.21. The SMILES string of the molecule is CN(Cc1cc(Br)cs1)C(=O)CC(N)c1ccccc1. The average Bonchev–Trinajstić information content (AvgIpc) is 2.85. The Morgan fingerprint density at radius 2 is 2.10 bits per heavy atom. The summed E-state index contributed by atoms with van der Waals surface area (Å²) in [4.78, 5) is 15.1. The minimum atomic E-state index is -0.249. The number of nitrogens with zero attached hydrogens (tertiary/aromatic N) is 1. The van der Waals surface area contributed by atoms with Crippen LogP contribution in [0.1, 0.15) is 22.9 Å². The van der Waals surface area contributed by atoms with Crippen LogP contribution >= 0.6 is 27.3 Å². The van der Waals surface area contributed by atoms with Crippen molar-refractivity contribution in [3.05, 3.63) is 56.7 Å². The fourth-order valence-electron chi connectivity index (χ4n) is 1.92. The third-order valence-electron chi connectivity index (χ3n) is 3.06. The van der Waals surface area contributed by atoms with Gasteiger partial charge < -0.3 is 10.6 Å². The van der Waals surface area contributed by atoms with E-state index in [9.17, 15) is 4.79 Å². The molecule has 0 radical (unpaired) electrons. The summed E-state index contributed by atoms with van der Waals surface area (Å²) in [7, 11) is 1.81. The second kappa shape index (κ2) is 7.02. The van der Waals surface area contributed by atoms with Crippen molar-refractivity contribution >= 4 is 33.2 Å². The number of hydrogen-bond acceptors (Lipinski definition) is 3.